The van der Waals surface area contributed by atoms with Crippen molar-refractivity contribution in [3.05, 3.63) is 52.3 Å². The highest BCUT2D eigenvalue weighted by Gasteiger charge is 2.24. The van der Waals surface area contributed by atoms with Gasteiger partial charge in [-0.25, -0.2) is 4.79 Å². The molecule has 5 nitrogen and oxygen atoms in total. The number of nitrogens with zero attached hydrogens (tertiary/aromatic N) is 1. The average molecular weight is 356 g/mol. The molecule has 0 radical (unpaired) electrons. The van der Waals surface area contributed by atoms with Gasteiger partial charge < -0.3 is 19.7 Å². The van der Waals surface area contributed by atoms with Gasteiger partial charge in [-0.1, -0.05) is 25.0 Å². The van der Waals surface area contributed by atoms with Gasteiger partial charge in [-0.3, -0.25) is 0 Å². The summed E-state index contributed by atoms with van der Waals surface area (Å²) in [6.07, 6.45) is 4.90. The minimum absolute atomic E-state index is 0.441. The molecule has 1 aromatic carbocycles. The Bertz CT molecular complexity index is 789. The van der Waals surface area contributed by atoms with Crippen LogP contribution >= 0.6 is 0 Å². The molecular formula is C21H28N2O3. The lowest BCUT2D eigenvalue weighted by Gasteiger charge is -2.13. The number of hydrogen-bond acceptors (Lipinski definition) is 3. The third kappa shape index (κ3) is 3.78. The molecule has 1 aromatic heterocycles. The number of carboxylic acids is 1. The zero-order valence-corrected chi connectivity index (χ0v) is 15.8. The lowest BCUT2D eigenvalue weighted by Crippen LogP contribution is -2.26. The summed E-state index contributed by atoms with van der Waals surface area (Å²) < 4.78 is 7.40. The molecule has 2 N–H and O–H groups in total. The van der Waals surface area contributed by atoms with Crippen LogP contribution in [0, 0.1) is 13.8 Å². The highest BCUT2D eigenvalue weighted by Crippen LogP contribution is 2.26. The third-order valence-corrected chi connectivity index (χ3v) is 5.52. The van der Waals surface area contributed by atoms with E-state index in [-0.39, 0.29) is 0 Å². The van der Waals surface area contributed by atoms with E-state index in [0.717, 1.165) is 28.3 Å². The minimum atomic E-state index is -0.849. The van der Waals surface area contributed by atoms with Crippen molar-refractivity contribution in [3.8, 4) is 5.75 Å². The number of carboxylic acid groups (broad SMARTS) is 1. The molecule has 0 aliphatic heterocycles. The smallest absolute Gasteiger partial charge is 0.337 e. The molecule has 140 valence electrons. The Hall–Kier alpha value is -2.27. The first-order valence-corrected chi connectivity index (χ1v) is 9.29. The maximum absolute atomic E-state index is 11.9. The summed E-state index contributed by atoms with van der Waals surface area (Å²) in [6.45, 7) is 5.17. The van der Waals surface area contributed by atoms with Crippen LogP contribution in [-0.2, 0) is 13.1 Å². The van der Waals surface area contributed by atoms with Crippen molar-refractivity contribution in [3.63, 3.8) is 0 Å². The molecule has 0 bridgehead atoms. The maximum Gasteiger partial charge on any atom is 0.337 e. The predicted octanol–water partition coefficient (Wildman–Crippen LogP) is 3.89. The lowest BCUT2D eigenvalue weighted by atomic mass is 10.1. The normalized spacial score (nSPS) is 14.7. The van der Waals surface area contributed by atoms with Crippen LogP contribution in [0.3, 0.4) is 0 Å². The molecule has 0 spiro atoms. The summed E-state index contributed by atoms with van der Waals surface area (Å²) >= 11 is 0. The molecular weight excluding hydrogens is 328 g/mol. The van der Waals surface area contributed by atoms with Crippen molar-refractivity contribution in [1.29, 1.82) is 0 Å². The molecule has 1 fully saturated rings. The van der Waals surface area contributed by atoms with E-state index in [0.29, 0.717) is 24.7 Å². The summed E-state index contributed by atoms with van der Waals surface area (Å²) in [4.78, 5) is 11.9. The van der Waals surface area contributed by atoms with Crippen molar-refractivity contribution in [1.82, 2.24) is 9.88 Å². The molecule has 0 saturated heterocycles. The number of aromatic nitrogens is 1. The first-order chi connectivity index (χ1) is 12.5. The van der Waals surface area contributed by atoms with E-state index in [1.807, 2.05) is 38.1 Å². The first kappa shape index (κ1) is 18.5. The fourth-order valence-electron chi connectivity index (χ4n) is 4.02. The standard InChI is InChI=1S/C21H28N2O3/c1-14-19(12-22-17-8-4-5-9-17)20(21(24)25)15(2)23(14)13-16-7-6-10-18(11-16)26-3/h6-7,10-11,17,22H,4-5,8-9,12-13H2,1-3H3,(H,24,25). The van der Waals surface area contributed by atoms with E-state index in [1.165, 1.54) is 25.7 Å². The van der Waals surface area contributed by atoms with Gasteiger partial charge in [0.2, 0.25) is 0 Å². The van der Waals surface area contributed by atoms with E-state index < -0.39 is 5.97 Å². The highest BCUT2D eigenvalue weighted by atomic mass is 16.5. The monoisotopic (exact) mass is 356 g/mol. The topological polar surface area (TPSA) is 63.5 Å². The molecule has 2 aromatic rings. The van der Waals surface area contributed by atoms with Gasteiger partial charge in [-0.15, -0.1) is 0 Å². The molecule has 0 amide bonds. The van der Waals surface area contributed by atoms with Crippen LogP contribution in [0.4, 0.5) is 0 Å². The molecule has 0 atom stereocenters. The molecule has 1 aliphatic rings. The SMILES string of the molecule is COc1cccc(Cn2c(C)c(CNC3CCCC3)c(C(=O)O)c2C)c1. The number of nitrogens with one attached hydrogen (secondary N) is 1. The summed E-state index contributed by atoms with van der Waals surface area (Å²) in [5.74, 6) is -0.0373. The number of hydrogen-bond donors (Lipinski definition) is 2. The molecule has 3 rings (SSSR count). The van der Waals surface area contributed by atoms with Gasteiger partial charge in [0.15, 0.2) is 0 Å². The average Bonchev–Trinajstić information content (AvgIpc) is 3.22. The van der Waals surface area contributed by atoms with Crippen LogP contribution in [0.1, 0.15) is 58.6 Å². The zero-order valence-electron chi connectivity index (χ0n) is 15.8. The van der Waals surface area contributed by atoms with Crippen LogP contribution in [0.5, 0.6) is 5.75 Å². The van der Waals surface area contributed by atoms with Gasteiger partial charge in [0.1, 0.15) is 5.75 Å². The third-order valence-electron chi connectivity index (χ3n) is 5.52. The van der Waals surface area contributed by atoms with Gasteiger partial charge in [-0.2, -0.15) is 0 Å². The molecule has 26 heavy (non-hydrogen) atoms. The number of rotatable bonds is 7. The zero-order chi connectivity index (χ0) is 18.7. The first-order valence-electron chi connectivity index (χ1n) is 9.29. The number of methoxy groups -OCH3 is 1. The molecule has 1 heterocycles. The van der Waals surface area contributed by atoms with Crippen molar-refractivity contribution in [2.45, 2.75) is 58.7 Å². The van der Waals surface area contributed by atoms with E-state index in [4.69, 9.17) is 4.74 Å². The summed E-state index contributed by atoms with van der Waals surface area (Å²) in [5, 5.41) is 13.3. The van der Waals surface area contributed by atoms with E-state index in [1.54, 1.807) is 7.11 Å². The maximum atomic E-state index is 11.9. The quantitative estimate of drug-likeness (QED) is 0.790. The molecule has 5 heteroatoms. The van der Waals surface area contributed by atoms with Crippen molar-refractivity contribution in [2.24, 2.45) is 0 Å². The van der Waals surface area contributed by atoms with Crippen molar-refractivity contribution < 1.29 is 14.6 Å². The van der Waals surface area contributed by atoms with Crippen LogP contribution in [-0.4, -0.2) is 28.8 Å². The van der Waals surface area contributed by atoms with E-state index in [2.05, 4.69) is 9.88 Å². The van der Waals surface area contributed by atoms with Crippen molar-refractivity contribution >= 4 is 5.97 Å². The number of ether oxygens (including phenoxy) is 1. The predicted molar refractivity (Wildman–Crippen MR) is 102 cm³/mol. The highest BCUT2D eigenvalue weighted by molar-refractivity contribution is 5.91. The Balaban J connectivity index is 1.89. The van der Waals surface area contributed by atoms with Crippen LogP contribution in [0.2, 0.25) is 0 Å². The Labute approximate surface area is 155 Å². The Kier molecular flexibility index (Phi) is 5.67. The van der Waals surface area contributed by atoms with Gasteiger partial charge in [0, 0.05) is 36.1 Å². The number of carbonyl (C=O) groups is 1. The van der Waals surface area contributed by atoms with Gasteiger partial charge in [-0.05, 0) is 44.4 Å². The van der Waals surface area contributed by atoms with E-state index in [9.17, 15) is 9.90 Å². The second kappa shape index (κ2) is 7.96. The Morgan fingerprint density at radius 2 is 2.00 bits per heavy atom. The van der Waals surface area contributed by atoms with Gasteiger partial charge in [0.25, 0.3) is 0 Å². The lowest BCUT2D eigenvalue weighted by molar-refractivity contribution is 0.0694. The second-order valence-electron chi connectivity index (χ2n) is 7.13. The second-order valence-corrected chi connectivity index (χ2v) is 7.13. The Morgan fingerprint density at radius 1 is 1.27 bits per heavy atom. The largest absolute Gasteiger partial charge is 0.497 e. The fraction of sp³-hybridized carbons (Fsp3) is 0.476. The summed E-state index contributed by atoms with van der Waals surface area (Å²) in [5.41, 5.74) is 4.27. The summed E-state index contributed by atoms with van der Waals surface area (Å²) in [6, 6.07) is 8.42. The molecule has 0 unspecified atom stereocenters. The van der Waals surface area contributed by atoms with Crippen LogP contribution < -0.4 is 10.1 Å². The number of aromatic carboxylic acids is 1. The Morgan fingerprint density at radius 3 is 2.65 bits per heavy atom. The van der Waals surface area contributed by atoms with Gasteiger partial charge in [0.05, 0.1) is 12.7 Å². The summed E-state index contributed by atoms with van der Waals surface area (Å²) in [7, 11) is 1.65. The van der Waals surface area contributed by atoms with Gasteiger partial charge >= 0.3 is 5.97 Å². The van der Waals surface area contributed by atoms with Crippen molar-refractivity contribution in [2.75, 3.05) is 7.11 Å². The number of benzene rings is 1. The van der Waals surface area contributed by atoms with Crippen LogP contribution in [0.25, 0.3) is 0 Å². The molecule has 1 saturated carbocycles. The fourth-order valence-corrected chi connectivity index (χ4v) is 4.02. The van der Waals surface area contributed by atoms with E-state index >= 15 is 0 Å². The minimum Gasteiger partial charge on any atom is -0.497 e. The molecule has 1 aliphatic carbocycles. The van der Waals surface area contributed by atoms with Crippen LogP contribution in [0.15, 0.2) is 24.3 Å².